The zero-order valence-corrected chi connectivity index (χ0v) is 11.8. The van der Waals surface area contributed by atoms with Gasteiger partial charge in [0.15, 0.2) is 5.78 Å². The molecule has 17 heavy (non-hydrogen) atoms. The van der Waals surface area contributed by atoms with Crippen LogP contribution in [0, 0.1) is 12.3 Å². The molecule has 1 heterocycles. The van der Waals surface area contributed by atoms with Gasteiger partial charge in [0.1, 0.15) is 0 Å². The van der Waals surface area contributed by atoms with Crippen molar-refractivity contribution in [1.82, 2.24) is 0 Å². The number of thiophene rings is 1. The van der Waals surface area contributed by atoms with E-state index in [1.807, 2.05) is 6.92 Å². The van der Waals surface area contributed by atoms with E-state index >= 15 is 0 Å². The Labute approximate surface area is 109 Å². The zero-order valence-electron chi connectivity index (χ0n) is 10.1. The third kappa shape index (κ3) is 2.40. The summed E-state index contributed by atoms with van der Waals surface area (Å²) in [6, 6.07) is 0. The van der Waals surface area contributed by atoms with Crippen LogP contribution in [0.4, 0.5) is 4.79 Å². The fourth-order valence-corrected chi connectivity index (χ4v) is 4.51. The van der Waals surface area contributed by atoms with E-state index in [0.717, 1.165) is 38.4 Å². The van der Waals surface area contributed by atoms with Crippen LogP contribution in [0.2, 0.25) is 0 Å². The molecule has 0 saturated heterocycles. The third-order valence-corrected chi connectivity index (χ3v) is 4.99. The molecule has 1 aliphatic rings. The molecule has 3 nitrogen and oxygen atoms in total. The van der Waals surface area contributed by atoms with E-state index in [-0.39, 0.29) is 11.2 Å². The maximum atomic E-state index is 12.1. The van der Waals surface area contributed by atoms with Crippen molar-refractivity contribution < 1.29 is 9.59 Å². The van der Waals surface area contributed by atoms with Crippen LogP contribution in [0.25, 0.3) is 0 Å². The number of hydrogen-bond donors (Lipinski definition) is 1. The topological polar surface area (TPSA) is 60.2 Å². The number of nitrogens with two attached hydrogens (primary N) is 1. The van der Waals surface area contributed by atoms with Gasteiger partial charge in [0.25, 0.3) is 5.24 Å². The Bertz CT molecular complexity index is 503. The first-order chi connectivity index (χ1) is 7.80. The molecule has 1 aromatic heterocycles. The molecular formula is C12H15NO2S2. The summed E-state index contributed by atoms with van der Waals surface area (Å²) in [5, 5.41) is -0.412. The summed E-state index contributed by atoms with van der Waals surface area (Å²) in [6.07, 6.45) is 1.42. The second kappa shape index (κ2) is 4.14. The number of Topliss-reactive ketones (excluding diaryl/α,β-unsaturated/α-hetero) is 1. The minimum Gasteiger partial charge on any atom is -0.360 e. The number of aryl methyl sites for hydroxylation is 1. The molecule has 2 rings (SSSR count). The number of fused-ring (bicyclic) bond motifs is 1. The highest BCUT2D eigenvalue weighted by Gasteiger charge is 2.35. The molecule has 0 unspecified atom stereocenters. The van der Waals surface area contributed by atoms with Crippen molar-refractivity contribution in [2.45, 2.75) is 37.8 Å². The lowest BCUT2D eigenvalue weighted by Crippen LogP contribution is -2.26. The number of hydrogen-bond acceptors (Lipinski definition) is 4. The lowest BCUT2D eigenvalue weighted by molar-refractivity contribution is 0.0911. The van der Waals surface area contributed by atoms with Crippen molar-refractivity contribution in [1.29, 1.82) is 0 Å². The lowest BCUT2D eigenvalue weighted by atomic mass is 9.74. The van der Waals surface area contributed by atoms with Gasteiger partial charge in [-0.2, -0.15) is 0 Å². The molecule has 0 atom stereocenters. The first-order valence-corrected chi connectivity index (χ1v) is 7.06. The van der Waals surface area contributed by atoms with Gasteiger partial charge < -0.3 is 5.73 Å². The molecule has 92 valence electrons. The van der Waals surface area contributed by atoms with E-state index < -0.39 is 5.24 Å². The highest BCUT2D eigenvalue weighted by Crippen LogP contribution is 2.44. The molecule has 0 bridgehead atoms. The second-order valence-electron chi connectivity index (χ2n) is 5.16. The van der Waals surface area contributed by atoms with Gasteiger partial charge in [0, 0.05) is 16.9 Å². The van der Waals surface area contributed by atoms with E-state index in [0.29, 0.717) is 6.42 Å². The summed E-state index contributed by atoms with van der Waals surface area (Å²) in [5.41, 5.74) is 7.05. The molecule has 1 aromatic rings. The van der Waals surface area contributed by atoms with Gasteiger partial charge in [-0.25, -0.2) is 0 Å². The fraction of sp³-hybridized carbons (Fsp3) is 0.500. The lowest BCUT2D eigenvalue weighted by Gasteiger charge is -2.29. The molecule has 0 saturated carbocycles. The van der Waals surface area contributed by atoms with E-state index in [1.165, 1.54) is 11.3 Å². The van der Waals surface area contributed by atoms with E-state index in [9.17, 15) is 9.59 Å². The molecule has 0 radical (unpaired) electrons. The van der Waals surface area contributed by atoms with Crippen LogP contribution < -0.4 is 5.73 Å². The van der Waals surface area contributed by atoms with E-state index in [4.69, 9.17) is 5.73 Å². The zero-order chi connectivity index (χ0) is 12.8. The van der Waals surface area contributed by atoms with Gasteiger partial charge in [-0.1, -0.05) is 13.8 Å². The molecule has 2 N–H and O–H groups in total. The average Bonchev–Trinajstić information content (AvgIpc) is 2.39. The SMILES string of the molecule is Cc1sc(SC(N)=O)c2c1C(=O)CC(C)(C)C2. The number of carbonyl (C=O) groups is 2. The number of thioether (sulfide) groups is 1. The van der Waals surface area contributed by atoms with Gasteiger partial charge in [0.2, 0.25) is 0 Å². The Hall–Kier alpha value is -0.810. The van der Waals surface area contributed by atoms with Gasteiger partial charge in [-0.3, -0.25) is 9.59 Å². The summed E-state index contributed by atoms with van der Waals surface area (Å²) in [6.45, 7) is 6.10. The summed E-state index contributed by atoms with van der Waals surface area (Å²) >= 11 is 2.55. The summed E-state index contributed by atoms with van der Waals surface area (Å²) in [4.78, 5) is 24.1. The number of ketones is 1. The predicted molar refractivity (Wildman–Crippen MR) is 70.9 cm³/mol. The van der Waals surface area contributed by atoms with Crippen molar-refractivity contribution in [3.8, 4) is 0 Å². The molecule has 0 aliphatic heterocycles. The minimum absolute atomic E-state index is 0.0233. The van der Waals surface area contributed by atoms with Crippen molar-refractivity contribution >= 4 is 34.1 Å². The van der Waals surface area contributed by atoms with Gasteiger partial charge in [-0.15, -0.1) is 11.3 Å². The smallest absolute Gasteiger partial charge is 0.282 e. The average molecular weight is 269 g/mol. The van der Waals surface area contributed by atoms with Crippen molar-refractivity contribution in [2.24, 2.45) is 11.1 Å². The number of rotatable bonds is 1. The van der Waals surface area contributed by atoms with Crippen LogP contribution in [0.5, 0.6) is 0 Å². The van der Waals surface area contributed by atoms with E-state index in [2.05, 4.69) is 13.8 Å². The van der Waals surface area contributed by atoms with Crippen molar-refractivity contribution in [3.05, 3.63) is 16.0 Å². The quantitative estimate of drug-likeness (QED) is 0.795. The standard InChI is InChI=1S/C12H15NO2S2/c1-6-9-7(10(16-6)17-11(13)15)4-12(2,3)5-8(9)14/h4-5H2,1-3H3,(H2,13,15). The first-order valence-electron chi connectivity index (χ1n) is 5.43. The predicted octanol–water partition coefficient (Wildman–Crippen LogP) is 3.38. The summed E-state index contributed by atoms with van der Waals surface area (Å²) in [5.74, 6) is 0.196. The normalized spacial score (nSPS) is 17.9. The molecule has 1 amide bonds. The maximum Gasteiger partial charge on any atom is 0.282 e. The largest absolute Gasteiger partial charge is 0.360 e. The molecular weight excluding hydrogens is 254 g/mol. The Morgan fingerprint density at radius 3 is 2.65 bits per heavy atom. The van der Waals surface area contributed by atoms with Gasteiger partial charge >= 0.3 is 0 Å². The van der Waals surface area contributed by atoms with Crippen LogP contribution in [0.3, 0.4) is 0 Å². The Morgan fingerprint density at radius 2 is 2.06 bits per heavy atom. The molecule has 0 aromatic carbocycles. The molecule has 0 fully saturated rings. The molecule has 1 aliphatic carbocycles. The monoisotopic (exact) mass is 269 g/mol. The van der Waals surface area contributed by atoms with Crippen LogP contribution in [-0.4, -0.2) is 11.0 Å². The van der Waals surface area contributed by atoms with Crippen LogP contribution in [0.15, 0.2) is 4.21 Å². The number of carbonyl (C=O) groups excluding carboxylic acids is 2. The van der Waals surface area contributed by atoms with Crippen molar-refractivity contribution in [2.75, 3.05) is 0 Å². The second-order valence-corrected chi connectivity index (χ2v) is 7.66. The van der Waals surface area contributed by atoms with Gasteiger partial charge in [-0.05, 0) is 36.1 Å². The summed E-state index contributed by atoms with van der Waals surface area (Å²) < 4.78 is 0.895. The molecule has 0 spiro atoms. The highest BCUT2D eigenvalue weighted by molar-refractivity contribution is 8.14. The highest BCUT2D eigenvalue weighted by atomic mass is 32.2. The minimum atomic E-state index is -0.412. The van der Waals surface area contributed by atoms with Crippen LogP contribution in [-0.2, 0) is 6.42 Å². The summed E-state index contributed by atoms with van der Waals surface area (Å²) in [7, 11) is 0. The fourth-order valence-electron chi connectivity index (χ4n) is 2.33. The van der Waals surface area contributed by atoms with Gasteiger partial charge in [0.05, 0.1) is 4.21 Å². The Morgan fingerprint density at radius 1 is 1.41 bits per heavy atom. The Balaban J connectivity index is 2.50. The first kappa shape index (κ1) is 12.6. The van der Waals surface area contributed by atoms with Crippen LogP contribution >= 0.6 is 23.1 Å². The molecule has 5 heteroatoms. The van der Waals surface area contributed by atoms with Crippen LogP contribution in [0.1, 0.15) is 41.1 Å². The van der Waals surface area contributed by atoms with E-state index in [1.54, 1.807) is 0 Å². The maximum absolute atomic E-state index is 12.1. The third-order valence-electron chi connectivity index (χ3n) is 2.91. The Kier molecular flexibility index (Phi) is 3.08. The number of primary amides is 1. The van der Waals surface area contributed by atoms with Crippen molar-refractivity contribution in [3.63, 3.8) is 0 Å². The number of amides is 1.